The van der Waals surface area contributed by atoms with E-state index in [1.807, 2.05) is 18.4 Å². The van der Waals surface area contributed by atoms with E-state index in [1.54, 1.807) is 6.08 Å². The second-order valence-corrected chi connectivity index (χ2v) is 5.44. The molecule has 0 spiro atoms. The van der Waals surface area contributed by atoms with Gasteiger partial charge in [0.1, 0.15) is 0 Å². The minimum Gasteiger partial charge on any atom is -0.345 e. The Kier molecular flexibility index (Phi) is 4.52. The number of carbonyl (C=O) groups is 3. The van der Waals surface area contributed by atoms with Gasteiger partial charge >= 0.3 is 11.8 Å². The molecule has 6 nitrogen and oxygen atoms in total. The van der Waals surface area contributed by atoms with E-state index in [0.717, 1.165) is 23.3 Å². The molecule has 3 amide bonds. The van der Waals surface area contributed by atoms with Gasteiger partial charge in [-0.05, 0) is 42.9 Å². The Morgan fingerprint density at radius 2 is 2.00 bits per heavy atom. The van der Waals surface area contributed by atoms with Crippen LogP contribution >= 0.6 is 11.3 Å². The number of nitrogens with one attached hydrogen (secondary N) is 3. The van der Waals surface area contributed by atoms with Gasteiger partial charge in [-0.15, -0.1) is 11.3 Å². The predicted octanol–water partition coefficient (Wildman–Crippen LogP) is 0.496. The molecule has 1 aliphatic rings. The fourth-order valence-corrected chi connectivity index (χ4v) is 2.22. The van der Waals surface area contributed by atoms with Crippen molar-refractivity contribution in [1.82, 2.24) is 16.2 Å². The van der Waals surface area contributed by atoms with Crippen LogP contribution in [0, 0.1) is 6.92 Å². The SMILES string of the molecule is Cc1ccsc1/C=C/C(=O)NNC(=O)C(=O)NC1CC1. The molecule has 1 heterocycles. The smallest absolute Gasteiger partial charge is 0.327 e. The van der Waals surface area contributed by atoms with Crippen LogP contribution in [0.5, 0.6) is 0 Å². The Morgan fingerprint density at radius 3 is 2.60 bits per heavy atom. The molecule has 1 aromatic heterocycles. The highest BCUT2D eigenvalue weighted by Crippen LogP contribution is 2.18. The van der Waals surface area contributed by atoms with E-state index >= 15 is 0 Å². The number of hydrazine groups is 1. The summed E-state index contributed by atoms with van der Waals surface area (Å²) in [6.07, 6.45) is 4.76. The number of carbonyl (C=O) groups excluding carboxylic acids is 3. The fourth-order valence-electron chi connectivity index (χ4n) is 1.40. The molecule has 3 N–H and O–H groups in total. The Labute approximate surface area is 120 Å². The maximum absolute atomic E-state index is 11.5. The molecular formula is C13H15N3O3S. The lowest BCUT2D eigenvalue weighted by atomic mass is 10.3. The van der Waals surface area contributed by atoms with Crippen LogP contribution in [0.3, 0.4) is 0 Å². The minimum atomic E-state index is -0.869. The predicted molar refractivity (Wildman–Crippen MR) is 75.5 cm³/mol. The lowest BCUT2D eigenvalue weighted by Crippen LogP contribution is -2.48. The minimum absolute atomic E-state index is 0.102. The van der Waals surface area contributed by atoms with Gasteiger partial charge in [-0.25, -0.2) is 0 Å². The van der Waals surface area contributed by atoms with Crippen LogP contribution in [0.2, 0.25) is 0 Å². The second kappa shape index (κ2) is 6.33. The van der Waals surface area contributed by atoms with Crippen molar-refractivity contribution < 1.29 is 14.4 Å². The molecule has 7 heteroatoms. The summed E-state index contributed by atoms with van der Waals surface area (Å²) in [5, 5.41) is 4.45. The van der Waals surface area contributed by atoms with E-state index in [9.17, 15) is 14.4 Å². The third-order valence-corrected chi connectivity index (χ3v) is 3.69. The van der Waals surface area contributed by atoms with Gasteiger partial charge in [0.15, 0.2) is 0 Å². The van der Waals surface area contributed by atoms with Gasteiger partial charge in [0.2, 0.25) is 0 Å². The molecule has 2 rings (SSSR count). The van der Waals surface area contributed by atoms with Crippen molar-refractivity contribution in [2.75, 3.05) is 0 Å². The van der Waals surface area contributed by atoms with Gasteiger partial charge in [0, 0.05) is 17.0 Å². The maximum Gasteiger partial charge on any atom is 0.327 e. The van der Waals surface area contributed by atoms with Crippen molar-refractivity contribution in [3.05, 3.63) is 28.0 Å². The molecule has 0 atom stereocenters. The first kappa shape index (κ1) is 14.3. The van der Waals surface area contributed by atoms with E-state index in [2.05, 4.69) is 16.2 Å². The molecule has 1 aliphatic carbocycles. The zero-order valence-electron chi connectivity index (χ0n) is 10.9. The summed E-state index contributed by atoms with van der Waals surface area (Å²) in [6.45, 7) is 1.94. The van der Waals surface area contributed by atoms with Crippen molar-refractivity contribution in [2.24, 2.45) is 0 Å². The number of aryl methyl sites for hydroxylation is 1. The molecule has 0 aliphatic heterocycles. The quantitative estimate of drug-likeness (QED) is 0.431. The summed E-state index contributed by atoms with van der Waals surface area (Å²) in [4.78, 5) is 35.1. The number of rotatable bonds is 3. The number of hydrogen-bond acceptors (Lipinski definition) is 4. The van der Waals surface area contributed by atoms with Crippen LogP contribution < -0.4 is 16.2 Å². The van der Waals surface area contributed by atoms with E-state index in [-0.39, 0.29) is 6.04 Å². The number of thiophene rings is 1. The summed E-state index contributed by atoms with van der Waals surface area (Å²) in [7, 11) is 0. The summed E-state index contributed by atoms with van der Waals surface area (Å²) >= 11 is 1.52. The van der Waals surface area contributed by atoms with Gasteiger partial charge in [-0.2, -0.15) is 0 Å². The Bertz CT molecular complexity index is 561. The molecule has 0 saturated heterocycles. The first-order valence-electron chi connectivity index (χ1n) is 6.19. The number of amides is 3. The largest absolute Gasteiger partial charge is 0.345 e. The molecule has 0 bridgehead atoms. The molecule has 106 valence electrons. The third kappa shape index (κ3) is 4.20. The van der Waals surface area contributed by atoms with E-state index in [4.69, 9.17) is 0 Å². The van der Waals surface area contributed by atoms with Gasteiger partial charge in [0.25, 0.3) is 5.91 Å². The highest BCUT2D eigenvalue weighted by atomic mass is 32.1. The van der Waals surface area contributed by atoms with Crippen LogP contribution in [0.4, 0.5) is 0 Å². The first-order chi connectivity index (χ1) is 9.56. The van der Waals surface area contributed by atoms with Crippen molar-refractivity contribution in [1.29, 1.82) is 0 Å². The highest BCUT2D eigenvalue weighted by Gasteiger charge is 2.26. The molecule has 0 radical (unpaired) electrons. The monoisotopic (exact) mass is 293 g/mol. The number of hydrogen-bond donors (Lipinski definition) is 3. The standard InChI is InChI=1S/C13H15N3O3S/c1-8-6-7-20-10(8)4-5-11(17)15-16-13(19)12(18)14-9-2-3-9/h4-7,9H,2-3H2,1H3,(H,14,18)(H,15,17)(H,16,19)/b5-4+. The van der Waals surface area contributed by atoms with Gasteiger partial charge in [-0.1, -0.05) is 0 Å². The van der Waals surface area contributed by atoms with Crippen LogP contribution in [0.15, 0.2) is 17.5 Å². The average Bonchev–Trinajstić information content (AvgIpc) is 3.14. The van der Waals surface area contributed by atoms with Gasteiger partial charge in [-0.3, -0.25) is 25.2 Å². The van der Waals surface area contributed by atoms with Gasteiger partial charge in [0.05, 0.1) is 0 Å². The molecule has 0 aromatic carbocycles. The molecule has 1 fully saturated rings. The summed E-state index contributed by atoms with van der Waals surface area (Å²) in [6, 6.07) is 2.05. The second-order valence-electron chi connectivity index (χ2n) is 4.49. The molecule has 0 unspecified atom stereocenters. The van der Waals surface area contributed by atoms with Crippen molar-refractivity contribution in [3.8, 4) is 0 Å². The van der Waals surface area contributed by atoms with Crippen molar-refractivity contribution in [2.45, 2.75) is 25.8 Å². The topological polar surface area (TPSA) is 87.3 Å². The zero-order valence-corrected chi connectivity index (χ0v) is 11.8. The summed E-state index contributed by atoms with van der Waals surface area (Å²) in [5.41, 5.74) is 5.29. The lowest BCUT2D eigenvalue weighted by molar-refractivity contribution is -0.140. The van der Waals surface area contributed by atoms with E-state index < -0.39 is 17.7 Å². The third-order valence-electron chi connectivity index (χ3n) is 2.71. The Morgan fingerprint density at radius 1 is 1.25 bits per heavy atom. The zero-order chi connectivity index (χ0) is 14.5. The maximum atomic E-state index is 11.5. The van der Waals surface area contributed by atoms with Crippen LogP contribution in [0.25, 0.3) is 6.08 Å². The normalized spacial score (nSPS) is 14.1. The molecule has 1 aromatic rings. The van der Waals surface area contributed by atoms with Crippen LogP contribution in [-0.2, 0) is 14.4 Å². The van der Waals surface area contributed by atoms with E-state index in [1.165, 1.54) is 17.4 Å². The highest BCUT2D eigenvalue weighted by molar-refractivity contribution is 7.11. The Hall–Kier alpha value is -2.15. The fraction of sp³-hybridized carbons (Fsp3) is 0.308. The van der Waals surface area contributed by atoms with Crippen LogP contribution in [0.1, 0.15) is 23.3 Å². The first-order valence-corrected chi connectivity index (χ1v) is 7.07. The van der Waals surface area contributed by atoms with Crippen molar-refractivity contribution in [3.63, 3.8) is 0 Å². The van der Waals surface area contributed by atoms with Crippen molar-refractivity contribution >= 4 is 35.1 Å². The lowest BCUT2D eigenvalue weighted by Gasteiger charge is -2.05. The van der Waals surface area contributed by atoms with Crippen LogP contribution in [-0.4, -0.2) is 23.8 Å². The molecule has 20 heavy (non-hydrogen) atoms. The molecule has 1 saturated carbocycles. The summed E-state index contributed by atoms with van der Waals surface area (Å²) in [5.74, 6) is -2.10. The average molecular weight is 293 g/mol. The summed E-state index contributed by atoms with van der Waals surface area (Å²) < 4.78 is 0. The Balaban J connectivity index is 1.74. The molecular weight excluding hydrogens is 278 g/mol. The van der Waals surface area contributed by atoms with E-state index in [0.29, 0.717) is 0 Å². The van der Waals surface area contributed by atoms with Gasteiger partial charge < -0.3 is 5.32 Å².